The highest BCUT2D eigenvalue weighted by Gasteiger charge is 2.32. The summed E-state index contributed by atoms with van der Waals surface area (Å²) in [7, 11) is 0. The zero-order valence-electron chi connectivity index (χ0n) is 15.0. The van der Waals surface area contributed by atoms with Crippen LogP contribution in [-0.4, -0.2) is 37.0 Å². The topological polar surface area (TPSA) is 75.7 Å². The summed E-state index contributed by atoms with van der Waals surface area (Å²) in [6.45, 7) is 8.82. The Labute approximate surface area is 143 Å². The van der Waals surface area contributed by atoms with Crippen LogP contribution in [0.1, 0.15) is 33.3 Å². The van der Waals surface area contributed by atoms with Gasteiger partial charge in [-0.2, -0.15) is 0 Å². The zero-order chi connectivity index (χ0) is 18.3. The van der Waals surface area contributed by atoms with Gasteiger partial charge in [0.1, 0.15) is 12.6 Å². The van der Waals surface area contributed by atoms with Crippen molar-refractivity contribution in [2.75, 3.05) is 18.1 Å². The van der Waals surface area contributed by atoms with Crippen molar-refractivity contribution in [3.05, 3.63) is 29.8 Å². The van der Waals surface area contributed by atoms with Crippen LogP contribution < -0.4 is 10.2 Å². The van der Waals surface area contributed by atoms with Crippen molar-refractivity contribution in [2.24, 2.45) is 5.92 Å². The SMILES string of the molecule is CCOC(=O)CNC(=O)C(C(C)C)N(C(C)=O)c1cccc(C)c1. The van der Waals surface area contributed by atoms with Crippen molar-refractivity contribution in [3.8, 4) is 0 Å². The van der Waals surface area contributed by atoms with Crippen LogP contribution in [0.3, 0.4) is 0 Å². The molecular weight excluding hydrogens is 308 g/mol. The van der Waals surface area contributed by atoms with Crippen LogP contribution in [0.15, 0.2) is 24.3 Å². The molecule has 132 valence electrons. The number of hydrogen-bond acceptors (Lipinski definition) is 4. The van der Waals surface area contributed by atoms with Gasteiger partial charge < -0.3 is 10.1 Å². The number of carbonyl (C=O) groups is 3. The number of benzene rings is 1. The molecule has 1 rings (SSSR count). The highest BCUT2D eigenvalue weighted by atomic mass is 16.5. The molecule has 6 nitrogen and oxygen atoms in total. The van der Waals surface area contributed by atoms with E-state index in [-0.39, 0.29) is 30.9 Å². The summed E-state index contributed by atoms with van der Waals surface area (Å²) in [4.78, 5) is 37.7. The Bertz CT molecular complexity index is 598. The van der Waals surface area contributed by atoms with Crippen molar-refractivity contribution in [3.63, 3.8) is 0 Å². The van der Waals surface area contributed by atoms with E-state index in [9.17, 15) is 14.4 Å². The molecule has 1 aromatic carbocycles. The smallest absolute Gasteiger partial charge is 0.325 e. The van der Waals surface area contributed by atoms with Crippen molar-refractivity contribution >= 4 is 23.5 Å². The number of carbonyl (C=O) groups excluding carboxylic acids is 3. The van der Waals surface area contributed by atoms with Gasteiger partial charge in [-0.05, 0) is 37.5 Å². The predicted octanol–water partition coefficient (Wildman–Crippen LogP) is 2.05. The van der Waals surface area contributed by atoms with E-state index in [1.807, 2.05) is 39.0 Å². The van der Waals surface area contributed by atoms with Gasteiger partial charge in [-0.3, -0.25) is 19.3 Å². The van der Waals surface area contributed by atoms with E-state index in [2.05, 4.69) is 5.32 Å². The molecule has 1 aromatic rings. The molecule has 2 amide bonds. The Kier molecular flexibility index (Phi) is 7.42. The second-order valence-corrected chi connectivity index (χ2v) is 5.94. The minimum Gasteiger partial charge on any atom is -0.465 e. The van der Waals surface area contributed by atoms with Gasteiger partial charge in [0.05, 0.1) is 6.61 Å². The highest BCUT2D eigenvalue weighted by Crippen LogP contribution is 2.23. The number of esters is 1. The molecule has 1 N–H and O–H groups in total. The quantitative estimate of drug-likeness (QED) is 0.774. The average Bonchev–Trinajstić information content (AvgIpc) is 2.49. The van der Waals surface area contributed by atoms with E-state index < -0.39 is 12.0 Å². The van der Waals surface area contributed by atoms with Gasteiger partial charge in [-0.15, -0.1) is 0 Å². The predicted molar refractivity (Wildman–Crippen MR) is 92.6 cm³/mol. The molecule has 0 bridgehead atoms. The molecule has 0 saturated heterocycles. The van der Waals surface area contributed by atoms with Crippen LogP contribution in [0, 0.1) is 12.8 Å². The zero-order valence-corrected chi connectivity index (χ0v) is 15.0. The van der Waals surface area contributed by atoms with E-state index in [1.165, 1.54) is 11.8 Å². The van der Waals surface area contributed by atoms with Crippen LogP contribution in [-0.2, 0) is 19.1 Å². The monoisotopic (exact) mass is 334 g/mol. The van der Waals surface area contributed by atoms with Crippen LogP contribution in [0.2, 0.25) is 0 Å². The maximum Gasteiger partial charge on any atom is 0.325 e. The van der Waals surface area contributed by atoms with E-state index in [0.29, 0.717) is 5.69 Å². The van der Waals surface area contributed by atoms with Gasteiger partial charge in [0, 0.05) is 12.6 Å². The first kappa shape index (κ1) is 19.7. The van der Waals surface area contributed by atoms with Gasteiger partial charge in [0.15, 0.2) is 0 Å². The average molecular weight is 334 g/mol. The van der Waals surface area contributed by atoms with Crippen molar-refractivity contribution < 1.29 is 19.1 Å². The molecule has 0 aliphatic heterocycles. The summed E-state index contributed by atoms with van der Waals surface area (Å²) >= 11 is 0. The van der Waals surface area contributed by atoms with Gasteiger partial charge >= 0.3 is 5.97 Å². The summed E-state index contributed by atoms with van der Waals surface area (Å²) in [6, 6.07) is 6.71. The third kappa shape index (κ3) is 5.37. The van der Waals surface area contributed by atoms with E-state index in [4.69, 9.17) is 4.74 Å². The number of aryl methyl sites for hydroxylation is 1. The normalized spacial score (nSPS) is 11.8. The lowest BCUT2D eigenvalue weighted by Crippen LogP contribution is -2.53. The number of anilines is 1. The van der Waals surface area contributed by atoms with Crippen LogP contribution in [0.4, 0.5) is 5.69 Å². The van der Waals surface area contributed by atoms with Crippen molar-refractivity contribution in [1.82, 2.24) is 5.32 Å². The standard InChI is InChI=1S/C18H26N2O4/c1-6-24-16(22)11-19-18(23)17(12(2)3)20(14(5)21)15-9-7-8-13(4)10-15/h7-10,12,17H,6,11H2,1-5H3,(H,19,23). The number of hydrogen-bond donors (Lipinski definition) is 1. The molecule has 0 fully saturated rings. The largest absolute Gasteiger partial charge is 0.465 e. The number of rotatable bonds is 7. The third-order valence-electron chi connectivity index (χ3n) is 3.51. The number of nitrogens with zero attached hydrogens (tertiary/aromatic N) is 1. The lowest BCUT2D eigenvalue weighted by Gasteiger charge is -2.32. The highest BCUT2D eigenvalue weighted by molar-refractivity contribution is 6.00. The number of amides is 2. The first-order valence-electron chi connectivity index (χ1n) is 8.07. The maximum absolute atomic E-state index is 12.6. The van der Waals surface area contributed by atoms with Gasteiger partial charge in [-0.1, -0.05) is 26.0 Å². The van der Waals surface area contributed by atoms with E-state index in [1.54, 1.807) is 13.0 Å². The number of ether oxygens (including phenoxy) is 1. The summed E-state index contributed by atoms with van der Waals surface area (Å²) in [5.41, 5.74) is 1.65. The summed E-state index contributed by atoms with van der Waals surface area (Å²) in [5.74, 6) is -1.24. The fraction of sp³-hybridized carbons (Fsp3) is 0.500. The molecule has 1 atom stereocenters. The van der Waals surface area contributed by atoms with Crippen LogP contribution in [0.5, 0.6) is 0 Å². The fourth-order valence-electron chi connectivity index (χ4n) is 2.51. The molecule has 1 unspecified atom stereocenters. The lowest BCUT2D eigenvalue weighted by atomic mass is 10.00. The minimum atomic E-state index is -0.710. The molecule has 0 radical (unpaired) electrons. The van der Waals surface area contributed by atoms with E-state index >= 15 is 0 Å². The molecule has 0 heterocycles. The lowest BCUT2D eigenvalue weighted by molar-refractivity contribution is -0.143. The van der Waals surface area contributed by atoms with Crippen LogP contribution >= 0.6 is 0 Å². The summed E-state index contributed by atoms with van der Waals surface area (Å²) in [6.07, 6.45) is 0. The Morgan fingerprint density at radius 1 is 1.25 bits per heavy atom. The Hall–Kier alpha value is -2.37. The molecule has 0 aromatic heterocycles. The first-order valence-corrected chi connectivity index (χ1v) is 8.07. The molecule has 0 aliphatic rings. The Morgan fingerprint density at radius 3 is 2.42 bits per heavy atom. The Morgan fingerprint density at radius 2 is 1.92 bits per heavy atom. The second kappa shape index (κ2) is 9.05. The minimum absolute atomic E-state index is 0.128. The molecular formula is C18H26N2O4. The van der Waals surface area contributed by atoms with Gasteiger partial charge in [-0.25, -0.2) is 0 Å². The number of nitrogens with one attached hydrogen (secondary N) is 1. The summed E-state index contributed by atoms with van der Waals surface area (Å²) in [5, 5.41) is 2.56. The van der Waals surface area contributed by atoms with Gasteiger partial charge in [0.25, 0.3) is 0 Å². The molecule has 0 spiro atoms. The molecule has 0 saturated carbocycles. The maximum atomic E-state index is 12.6. The van der Waals surface area contributed by atoms with Gasteiger partial charge in [0.2, 0.25) is 11.8 Å². The summed E-state index contributed by atoms with van der Waals surface area (Å²) < 4.78 is 4.81. The third-order valence-corrected chi connectivity index (χ3v) is 3.51. The van der Waals surface area contributed by atoms with Crippen LogP contribution in [0.25, 0.3) is 0 Å². The first-order chi connectivity index (χ1) is 11.3. The Balaban J connectivity index is 3.03. The molecule has 24 heavy (non-hydrogen) atoms. The van der Waals surface area contributed by atoms with Crippen molar-refractivity contribution in [1.29, 1.82) is 0 Å². The molecule has 6 heteroatoms. The second-order valence-electron chi connectivity index (χ2n) is 5.94. The van der Waals surface area contributed by atoms with E-state index in [0.717, 1.165) is 5.56 Å². The molecule has 0 aliphatic carbocycles. The van der Waals surface area contributed by atoms with Crippen molar-refractivity contribution in [2.45, 2.75) is 40.7 Å². The fourth-order valence-corrected chi connectivity index (χ4v) is 2.51.